The molecule has 1 heterocycles. The maximum Gasteiger partial charge on any atom is 0.319 e. The second kappa shape index (κ2) is 15.8. The number of carbonyl (C=O) groups is 3. The number of para-hydroxylation sites is 1. The van der Waals surface area contributed by atoms with Crippen molar-refractivity contribution in [1.82, 2.24) is 20.1 Å². The molecule has 0 aliphatic carbocycles. The maximum atomic E-state index is 13.1. The third-order valence-electron chi connectivity index (χ3n) is 7.31. The number of hydrogen-bond acceptors (Lipinski definition) is 6. The van der Waals surface area contributed by atoms with Crippen molar-refractivity contribution in [2.24, 2.45) is 0 Å². The number of urea groups is 1. The summed E-state index contributed by atoms with van der Waals surface area (Å²) in [7, 11) is 7.28. The molecule has 0 unspecified atom stereocenters. The summed E-state index contributed by atoms with van der Waals surface area (Å²) in [6, 6.07) is 18.9. The van der Waals surface area contributed by atoms with Crippen molar-refractivity contribution in [3.63, 3.8) is 0 Å². The fourth-order valence-electron chi connectivity index (χ4n) is 4.72. The first-order chi connectivity index (χ1) is 21.9. The summed E-state index contributed by atoms with van der Waals surface area (Å²) in [6.45, 7) is 3.14. The summed E-state index contributed by atoms with van der Waals surface area (Å²) < 4.78 is 6.09. The monoisotopic (exact) mass is 664 g/mol. The van der Waals surface area contributed by atoms with Crippen LogP contribution in [0.2, 0.25) is 10.0 Å². The Kier molecular flexibility index (Phi) is 11.8. The van der Waals surface area contributed by atoms with Crippen LogP contribution in [-0.4, -0.2) is 80.5 Å². The molecule has 10 nitrogen and oxygen atoms in total. The second-order valence-electron chi connectivity index (χ2n) is 11.2. The molecule has 46 heavy (non-hydrogen) atoms. The lowest BCUT2D eigenvalue weighted by Crippen LogP contribution is -2.40. The second-order valence-corrected chi connectivity index (χ2v) is 11.9. The zero-order valence-electron chi connectivity index (χ0n) is 26.6. The lowest BCUT2D eigenvalue weighted by molar-refractivity contribution is -0.117. The number of pyridine rings is 1. The fourth-order valence-corrected chi connectivity index (χ4v) is 5.33. The highest BCUT2D eigenvalue weighted by molar-refractivity contribution is 6.38. The largest absolute Gasteiger partial charge is 0.487 e. The highest BCUT2D eigenvalue weighted by Gasteiger charge is 2.20. The summed E-state index contributed by atoms with van der Waals surface area (Å²) >= 11 is 13.2. The highest BCUT2D eigenvalue weighted by Crippen LogP contribution is 2.35. The van der Waals surface area contributed by atoms with Gasteiger partial charge in [-0.2, -0.15) is 0 Å². The smallest absolute Gasteiger partial charge is 0.319 e. The fraction of sp³-hybridized carbons (Fsp3) is 0.294. The van der Waals surface area contributed by atoms with Crippen LogP contribution in [0.25, 0.3) is 10.9 Å². The number of hydrogen-bond donors (Lipinski definition) is 2. The minimum atomic E-state index is -0.596. The number of benzene rings is 3. The number of carbonyl (C=O) groups excluding carboxylic acids is 3. The van der Waals surface area contributed by atoms with Gasteiger partial charge in [-0.3, -0.25) is 9.59 Å². The number of nitrogens with zero attached hydrogens (tertiary/aromatic N) is 4. The Hall–Kier alpha value is -4.38. The average Bonchev–Trinajstić information content (AvgIpc) is 3.02. The number of likely N-dealkylation sites (N-methyl/N-ethyl adjacent to an activating group) is 1. The van der Waals surface area contributed by atoms with E-state index < -0.39 is 11.9 Å². The lowest BCUT2D eigenvalue weighted by Gasteiger charge is -2.21. The minimum Gasteiger partial charge on any atom is -0.487 e. The normalized spacial score (nSPS) is 11.0. The molecular formula is C34H38Cl2N6O4. The molecule has 0 spiro atoms. The molecule has 12 heteroatoms. The zero-order valence-corrected chi connectivity index (χ0v) is 28.1. The van der Waals surface area contributed by atoms with E-state index >= 15 is 0 Å². The predicted octanol–water partition coefficient (Wildman–Crippen LogP) is 6.24. The van der Waals surface area contributed by atoms with Crippen LogP contribution in [0, 0.1) is 6.92 Å². The molecule has 0 radical (unpaired) electrons. The maximum absolute atomic E-state index is 13.1. The number of rotatable bonds is 12. The van der Waals surface area contributed by atoms with Crippen molar-refractivity contribution >= 4 is 63.3 Å². The van der Waals surface area contributed by atoms with Crippen LogP contribution in [-0.2, 0) is 11.4 Å². The van der Waals surface area contributed by atoms with Crippen molar-refractivity contribution in [2.75, 3.05) is 58.0 Å². The Balaban J connectivity index is 1.35. The van der Waals surface area contributed by atoms with E-state index in [1.54, 1.807) is 55.4 Å². The molecule has 0 fully saturated rings. The Labute approximate surface area is 279 Å². The number of aryl methyl sites for hydroxylation is 1. The van der Waals surface area contributed by atoms with Gasteiger partial charge in [0.2, 0.25) is 5.91 Å². The first kappa shape index (κ1) is 34.5. The molecule has 0 bridgehead atoms. The molecule has 4 amide bonds. The van der Waals surface area contributed by atoms with Crippen LogP contribution >= 0.6 is 23.2 Å². The molecule has 0 saturated heterocycles. The van der Waals surface area contributed by atoms with E-state index in [1.807, 2.05) is 51.4 Å². The van der Waals surface area contributed by atoms with Gasteiger partial charge in [0.1, 0.15) is 17.9 Å². The summed E-state index contributed by atoms with van der Waals surface area (Å²) in [6.07, 6.45) is 0.844. The molecule has 2 N–H and O–H groups in total. The predicted molar refractivity (Wildman–Crippen MR) is 184 cm³/mol. The molecule has 1 aromatic heterocycles. The Morgan fingerprint density at radius 3 is 2.43 bits per heavy atom. The molecule has 0 aliphatic heterocycles. The number of amides is 4. The van der Waals surface area contributed by atoms with Crippen LogP contribution < -0.4 is 20.3 Å². The minimum absolute atomic E-state index is 0.0520. The van der Waals surface area contributed by atoms with E-state index in [2.05, 4.69) is 20.5 Å². The van der Waals surface area contributed by atoms with Gasteiger partial charge in [0.05, 0.1) is 17.3 Å². The first-order valence-corrected chi connectivity index (χ1v) is 15.5. The standard InChI is InChI=1S/C34H38Cl2N6O4/c1-22-13-14-23-9-7-12-29(32(23)38-22)46-21-26-27(35)15-16-28(31(26)36)42(5)30(43)20-37-34(45)39-25-11-6-10-24(19-25)33(44)41(4)18-8-17-40(2)3/h6-7,9-16,19H,8,17-18,20-21H2,1-5H3,(H2,37,39,45). The lowest BCUT2D eigenvalue weighted by atomic mass is 10.1. The van der Waals surface area contributed by atoms with Gasteiger partial charge in [-0.25, -0.2) is 9.78 Å². The van der Waals surface area contributed by atoms with Crippen LogP contribution in [0.15, 0.2) is 66.7 Å². The molecule has 4 aromatic rings. The summed E-state index contributed by atoms with van der Waals surface area (Å²) in [5.74, 6) is 0.0247. The van der Waals surface area contributed by atoms with Gasteiger partial charge in [-0.1, -0.05) is 47.5 Å². The third-order valence-corrected chi connectivity index (χ3v) is 8.08. The van der Waals surface area contributed by atoms with Gasteiger partial charge < -0.3 is 30.1 Å². The van der Waals surface area contributed by atoms with Gasteiger partial charge in [0, 0.05) is 53.6 Å². The number of nitrogens with one attached hydrogen (secondary N) is 2. The van der Waals surface area contributed by atoms with E-state index in [-0.39, 0.29) is 24.1 Å². The van der Waals surface area contributed by atoms with Crippen LogP contribution in [0.5, 0.6) is 5.75 Å². The summed E-state index contributed by atoms with van der Waals surface area (Å²) in [5.41, 5.74) is 3.38. The SMILES string of the molecule is Cc1ccc2cccc(OCc3c(Cl)ccc(N(C)C(=O)CNC(=O)Nc4cccc(C(=O)N(C)CCCN(C)C)c4)c3Cl)c2n1. The van der Waals surface area contributed by atoms with Crippen LogP contribution in [0.1, 0.15) is 28.0 Å². The Bertz CT molecular complexity index is 1730. The number of halogens is 2. The molecule has 242 valence electrons. The Morgan fingerprint density at radius 2 is 1.67 bits per heavy atom. The average molecular weight is 666 g/mol. The van der Waals surface area contributed by atoms with Crippen molar-refractivity contribution in [3.8, 4) is 5.75 Å². The number of aromatic nitrogens is 1. The van der Waals surface area contributed by atoms with Gasteiger partial charge in [0.25, 0.3) is 5.91 Å². The Morgan fingerprint density at radius 1 is 0.913 bits per heavy atom. The van der Waals surface area contributed by atoms with Crippen molar-refractivity contribution in [2.45, 2.75) is 20.0 Å². The zero-order chi connectivity index (χ0) is 33.4. The number of anilines is 2. The van der Waals surface area contributed by atoms with Gasteiger partial charge in [0.15, 0.2) is 0 Å². The quantitative estimate of drug-likeness (QED) is 0.186. The topological polar surface area (TPSA) is 107 Å². The van der Waals surface area contributed by atoms with Gasteiger partial charge >= 0.3 is 6.03 Å². The summed E-state index contributed by atoms with van der Waals surface area (Å²) in [5, 5.41) is 6.83. The van der Waals surface area contributed by atoms with E-state index in [9.17, 15) is 14.4 Å². The van der Waals surface area contributed by atoms with E-state index in [0.29, 0.717) is 39.8 Å². The van der Waals surface area contributed by atoms with Crippen LogP contribution in [0.3, 0.4) is 0 Å². The van der Waals surface area contributed by atoms with Crippen molar-refractivity contribution in [3.05, 3.63) is 93.6 Å². The van der Waals surface area contributed by atoms with Crippen molar-refractivity contribution < 1.29 is 19.1 Å². The molecule has 0 atom stereocenters. The van der Waals surface area contributed by atoms with Crippen LogP contribution in [0.4, 0.5) is 16.2 Å². The molecule has 0 aliphatic rings. The van der Waals surface area contributed by atoms with Gasteiger partial charge in [-0.15, -0.1) is 0 Å². The molecule has 4 rings (SSSR count). The van der Waals surface area contributed by atoms with E-state index in [0.717, 1.165) is 29.6 Å². The van der Waals surface area contributed by atoms with Gasteiger partial charge in [-0.05, 0) is 76.4 Å². The van der Waals surface area contributed by atoms with E-state index in [1.165, 1.54) is 4.90 Å². The third kappa shape index (κ3) is 8.87. The van der Waals surface area contributed by atoms with E-state index in [4.69, 9.17) is 27.9 Å². The highest BCUT2D eigenvalue weighted by atomic mass is 35.5. The molecular weight excluding hydrogens is 627 g/mol. The van der Waals surface area contributed by atoms with Crippen molar-refractivity contribution in [1.29, 1.82) is 0 Å². The number of ether oxygens (including phenoxy) is 1. The first-order valence-electron chi connectivity index (χ1n) is 14.7. The number of fused-ring (bicyclic) bond motifs is 1. The summed E-state index contributed by atoms with van der Waals surface area (Å²) in [4.78, 5) is 48.2. The molecule has 0 saturated carbocycles. The molecule has 3 aromatic carbocycles.